The van der Waals surface area contributed by atoms with Crippen molar-refractivity contribution >= 4 is 39.6 Å². The summed E-state index contributed by atoms with van der Waals surface area (Å²) in [5, 5.41) is 0. The van der Waals surface area contributed by atoms with Gasteiger partial charge in [0.2, 0.25) is 5.95 Å². The highest BCUT2D eigenvalue weighted by molar-refractivity contribution is 7.16. The lowest BCUT2D eigenvalue weighted by Crippen LogP contribution is -2.32. The summed E-state index contributed by atoms with van der Waals surface area (Å²) in [6, 6.07) is 13.9. The molecular formula is C26H24N4O6S. The van der Waals surface area contributed by atoms with Crippen LogP contribution in [0, 0.1) is 13.8 Å². The minimum Gasteiger partial charge on any atom is -0.459 e. The minimum atomic E-state index is -0.811. The van der Waals surface area contributed by atoms with Crippen molar-refractivity contribution in [3.05, 3.63) is 86.6 Å². The number of esters is 2. The largest absolute Gasteiger partial charge is 0.459 e. The van der Waals surface area contributed by atoms with Crippen LogP contribution in [0.1, 0.15) is 44.5 Å². The molecule has 3 heterocycles. The number of ether oxygens (including phenoxy) is 3. The molecule has 190 valence electrons. The Labute approximate surface area is 215 Å². The SMILES string of the molecule is Cc1ccc(C(=O)OC[C@H]2O[C@@H](n3c(=O)sc4cnc(N)nc43)C[C@@H]2OC(=O)c2ccc(C)cc2)cc1. The molecule has 4 aromatic rings. The molecule has 1 fully saturated rings. The van der Waals surface area contributed by atoms with E-state index in [4.69, 9.17) is 19.9 Å². The zero-order valence-corrected chi connectivity index (χ0v) is 20.9. The predicted octanol–water partition coefficient (Wildman–Crippen LogP) is 3.42. The fourth-order valence-corrected chi connectivity index (χ4v) is 4.89. The van der Waals surface area contributed by atoms with E-state index in [2.05, 4.69) is 9.97 Å². The van der Waals surface area contributed by atoms with Crippen molar-refractivity contribution in [3.63, 3.8) is 0 Å². The van der Waals surface area contributed by atoms with Crippen molar-refractivity contribution in [3.8, 4) is 0 Å². The molecule has 2 N–H and O–H groups in total. The van der Waals surface area contributed by atoms with E-state index in [0.29, 0.717) is 21.5 Å². The van der Waals surface area contributed by atoms with Crippen molar-refractivity contribution in [1.82, 2.24) is 14.5 Å². The van der Waals surface area contributed by atoms with E-state index in [-0.39, 0.29) is 23.8 Å². The molecule has 1 aliphatic heterocycles. The molecule has 2 aromatic carbocycles. The van der Waals surface area contributed by atoms with E-state index >= 15 is 0 Å². The number of thiazole rings is 1. The second kappa shape index (κ2) is 10.1. The minimum absolute atomic E-state index is 0.0166. The van der Waals surface area contributed by atoms with Gasteiger partial charge in [0.05, 0.1) is 22.0 Å². The van der Waals surface area contributed by atoms with Crippen LogP contribution in [0.4, 0.5) is 5.95 Å². The van der Waals surface area contributed by atoms with Crippen LogP contribution < -0.4 is 10.6 Å². The Morgan fingerprint density at radius 3 is 2.32 bits per heavy atom. The average Bonchev–Trinajstić information content (AvgIpc) is 3.42. The molecule has 0 spiro atoms. The maximum Gasteiger partial charge on any atom is 0.338 e. The number of nitrogens with zero attached hydrogens (tertiary/aromatic N) is 3. The molecule has 0 amide bonds. The van der Waals surface area contributed by atoms with Crippen LogP contribution in [0.3, 0.4) is 0 Å². The topological polar surface area (TPSA) is 136 Å². The van der Waals surface area contributed by atoms with Gasteiger partial charge in [-0.2, -0.15) is 4.98 Å². The third-order valence-electron chi connectivity index (χ3n) is 6.06. The van der Waals surface area contributed by atoms with E-state index in [0.717, 1.165) is 22.5 Å². The van der Waals surface area contributed by atoms with Crippen molar-refractivity contribution in [1.29, 1.82) is 0 Å². The Balaban J connectivity index is 1.39. The number of benzene rings is 2. The van der Waals surface area contributed by atoms with Crippen LogP contribution in [-0.4, -0.2) is 45.3 Å². The maximum atomic E-state index is 12.9. The van der Waals surface area contributed by atoms with Gasteiger partial charge in [0.25, 0.3) is 0 Å². The number of hydrogen-bond acceptors (Lipinski definition) is 10. The Hall–Kier alpha value is -4.09. The number of fused-ring (bicyclic) bond motifs is 1. The van der Waals surface area contributed by atoms with E-state index in [1.165, 1.54) is 10.8 Å². The highest BCUT2D eigenvalue weighted by Gasteiger charge is 2.41. The summed E-state index contributed by atoms with van der Waals surface area (Å²) in [6.07, 6.45) is -0.778. The van der Waals surface area contributed by atoms with Crippen molar-refractivity contribution in [2.24, 2.45) is 0 Å². The van der Waals surface area contributed by atoms with Gasteiger partial charge in [0.15, 0.2) is 5.65 Å². The third-order valence-corrected chi connectivity index (χ3v) is 6.94. The van der Waals surface area contributed by atoms with Gasteiger partial charge in [-0.3, -0.25) is 9.36 Å². The van der Waals surface area contributed by atoms with Crippen LogP contribution >= 0.6 is 11.3 Å². The molecule has 0 aliphatic carbocycles. The molecule has 37 heavy (non-hydrogen) atoms. The molecule has 0 unspecified atom stereocenters. The van der Waals surface area contributed by atoms with Gasteiger partial charge < -0.3 is 19.9 Å². The molecule has 1 saturated heterocycles. The van der Waals surface area contributed by atoms with Crippen LogP contribution in [-0.2, 0) is 14.2 Å². The Morgan fingerprint density at radius 1 is 1.05 bits per heavy atom. The van der Waals surface area contributed by atoms with Gasteiger partial charge in [-0.15, -0.1) is 0 Å². The lowest BCUT2D eigenvalue weighted by molar-refractivity contribution is -0.0567. The van der Waals surface area contributed by atoms with Gasteiger partial charge in [-0.05, 0) is 38.1 Å². The molecule has 0 bridgehead atoms. The molecule has 5 rings (SSSR count). The number of rotatable bonds is 6. The van der Waals surface area contributed by atoms with E-state index in [9.17, 15) is 14.4 Å². The summed E-state index contributed by atoms with van der Waals surface area (Å²) in [5.74, 6) is -1.06. The van der Waals surface area contributed by atoms with E-state index in [1.807, 2.05) is 38.1 Å². The molecule has 2 aromatic heterocycles. The van der Waals surface area contributed by atoms with Gasteiger partial charge in [-0.25, -0.2) is 14.6 Å². The Bertz CT molecular complexity index is 1510. The van der Waals surface area contributed by atoms with Crippen LogP contribution in [0.5, 0.6) is 0 Å². The number of hydrogen-bond donors (Lipinski definition) is 1. The molecule has 3 atom stereocenters. The first-order chi connectivity index (χ1) is 17.8. The molecule has 0 saturated carbocycles. The fraction of sp³-hybridized carbons (Fsp3) is 0.269. The molecular weight excluding hydrogens is 496 g/mol. The van der Waals surface area contributed by atoms with Gasteiger partial charge >= 0.3 is 16.8 Å². The number of nitrogens with two attached hydrogens (primary N) is 1. The first-order valence-electron chi connectivity index (χ1n) is 11.6. The van der Waals surface area contributed by atoms with Crippen molar-refractivity contribution in [2.45, 2.75) is 38.7 Å². The number of anilines is 1. The smallest absolute Gasteiger partial charge is 0.338 e. The second-order valence-corrected chi connectivity index (χ2v) is 9.79. The first-order valence-corrected chi connectivity index (χ1v) is 12.4. The third kappa shape index (κ3) is 5.23. The highest BCUT2D eigenvalue weighted by Crippen LogP contribution is 2.33. The molecule has 0 radical (unpaired) electrons. The average molecular weight is 521 g/mol. The fourth-order valence-electron chi connectivity index (χ4n) is 4.06. The number of aromatic nitrogens is 3. The van der Waals surface area contributed by atoms with Crippen LogP contribution in [0.2, 0.25) is 0 Å². The summed E-state index contributed by atoms with van der Waals surface area (Å²) in [7, 11) is 0. The predicted molar refractivity (Wildman–Crippen MR) is 136 cm³/mol. The number of aryl methyl sites for hydroxylation is 2. The molecule has 11 heteroatoms. The zero-order chi connectivity index (χ0) is 26.1. The Morgan fingerprint density at radius 2 is 1.68 bits per heavy atom. The monoisotopic (exact) mass is 520 g/mol. The summed E-state index contributed by atoms with van der Waals surface area (Å²) in [6.45, 7) is 3.66. The quantitative estimate of drug-likeness (QED) is 0.379. The highest BCUT2D eigenvalue weighted by atomic mass is 32.1. The van der Waals surface area contributed by atoms with Crippen LogP contribution in [0.25, 0.3) is 10.3 Å². The van der Waals surface area contributed by atoms with Crippen LogP contribution in [0.15, 0.2) is 59.5 Å². The summed E-state index contributed by atoms with van der Waals surface area (Å²) in [4.78, 5) is 46.1. The lowest BCUT2D eigenvalue weighted by Gasteiger charge is -2.19. The van der Waals surface area contributed by atoms with Gasteiger partial charge in [0, 0.05) is 6.42 Å². The maximum absolute atomic E-state index is 12.9. The second-order valence-electron chi connectivity index (χ2n) is 8.79. The number of carbonyl (C=O) groups excluding carboxylic acids is 2. The first kappa shape index (κ1) is 24.6. The summed E-state index contributed by atoms with van der Waals surface area (Å²) < 4.78 is 19.3. The van der Waals surface area contributed by atoms with Crippen molar-refractivity contribution < 1.29 is 23.8 Å². The zero-order valence-electron chi connectivity index (χ0n) is 20.1. The standard InChI is InChI=1S/C26H24N4O6S/c1-14-3-7-16(8-4-14)23(31)34-13-19-18(36-24(32)17-9-5-15(2)6-10-17)11-21(35-19)30-22-20(37-26(30)33)12-28-25(27)29-22/h3-10,12,18-19,21H,11,13H2,1-2H3,(H2,27,28,29)/t18-,19+,21+/m0/s1. The normalized spacial score (nSPS) is 19.1. The Kier molecular flexibility index (Phi) is 6.72. The summed E-state index contributed by atoms with van der Waals surface area (Å²) >= 11 is 0.959. The number of carbonyl (C=O) groups is 2. The van der Waals surface area contributed by atoms with E-state index < -0.39 is 30.4 Å². The molecule has 1 aliphatic rings. The molecule has 10 nitrogen and oxygen atoms in total. The van der Waals surface area contributed by atoms with Gasteiger partial charge in [0.1, 0.15) is 25.0 Å². The van der Waals surface area contributed by atoms with Gasteiger partial charge in [-0.1, -0.05) is 46.7 Å². The number of nitrogen functional groups attached to an aromatic ring is 1. The van der Waals surface area contributed by atoms with E-state index in [1.54, 1.807) is 24.3 Å². The summed E-state index contributed by atoms with van der Waals surface area (Å²) in [5.41, 5.74) is 8.86. The van der Waals surface area contributed by atoms with Crippen molar-refractivity contribution in [2.75, 3.05) is 12.3 Å². The lowest BCUT2D eigenvalue weighted by atomic mass is 10.1.